The summed E-state index contributed by atoms with van der Waals surface area (Å²) in [5.74, 6) is -1.41. The Balaban J connectivity index is 2.69. The molecule has 7 nitrogen and oxygen atoms in total. The second-order valence-electron chi connectivity index (χ2n) is 4.16. The number of sulfonamides is 1. The summed E-state index contributed by atoms with van der Waals surface area (Å²) in [6.45, 7) is 0. The second kappa shape index (κ2) is 7.28. The lowest BCUT2D eigenvalue weighted by molar-refractivity contribution is -0.140. The molecule has 0 aliphatic rings. The minimum Gasteiger partial charge on any atom is -0.469 e. The van der Waals surface area contributed by atoms with Crippen LogP contribution in [0, 0.1) is 0 Å². The van der Waals surface area contributed by atoms with Crippen molar-refractivity contribution in [1.29, 1.82) is 0 Å². The summed E-state index contributed by atoms with van der Waals surface area (Å²) in [5, 5.41) is 0.0530. The second-order valence-corrected chi connectivity index (χ2v) is 6.41. The lowest BCUT2D eigenvalue weighted by atomic mass is 10.2. The Morgan fingerprint density at radius 3 is 2.57 bits per heavy atom. The van der Waals surface area contributed by atoms with Crippen molar-refractivity contribution in [1.82, 2.24) is 0 Å². The smallest absolute Gasteiger partial charge is 0.305 e. The van der Waals surface area contributed by atoms with Crippen LogP contribution >= 0.6 is 11.6 Å². The van der Waals surface area contributed by atoms with Crippen LogP contribution in [0.25, 0.3) is 0 Å². The summed E-state index contributed by atoms with van der Waals surface area (Å²) in [6, 6.07) is 4.00. The topological polar surface area (TPSA) is 116 Å². The highest BCUT2D eigenvalue weighted by Gasteiger charge is 2.14. The molecule has 0 aliphatic heterocycles. The Hall–Kier alpha value is -1.80. The molecule has 116 valence electrons. The maximum atomic E-state index is 11.8. The molecule has 1 aromatic carbocycles. The van der Waals surface area contributed by atoms with Crippen LogP contribution in [0.15, 0.2) is 18.2 Å². The molecule has 0 saturated heterocycles. The van der Waals surface area contributed by atoms with E-state index in [4.69, 9.17) is 17.3 Å². The molecule has 1 amide bonds. The van der Waals surface area contributed by atoms with Gasteiger partial charge in [-0.1, -0.05) is 11.6 Å². The van der Waals surface area contributed by atoms with E-state index in [2.05, 4.69) is 9.46 Å². The zero-order valence-corrected chi connectivity index (χ0v) is 12.8. The summed E-state index contributed by atoms with van der Waals surface area (Å²) >= 11 is 5.82. The molecule has 0 aliphatic carbocycles. The first-order valence-electron chi connectivity index (χ1n) is 5.92. The van der Waals surface area contributed by atoms with E-state index in [9.17, 15) is 18.0 Å². The minimum atomic E-state index is -3.62. The van der Waals surface area contributed by atoms with E-state index in [0.29, 0.717) is 0 Å². The van der Waals surface area contributed by atoms with Crippen molar-refractivity contribution >= 4 is 39.2 Å². The maximum absolute atomic E-state index is 11.8. The number of nitrogens with one attached hydrogen (secondary N) is 1. The number of carbonyl (C=O) groups is 2. The molecule has 0 saturated carbocycles. The van der Waals surface area contributed by atoms with Gasteiger partial charge in [0.2, 0.25) is 15.9 Å². The van der Waals surface area contributed by atoms with Gasteiger partial charge in [0.1, 0.15) is 0 Å². The fourth-order valence-corrected chi connectivity index (χ4v) is 2.90. The van der Waals surface area contributed by atoms with Crippen LogP contribution in [0.4, 0.5) is 5.69 Å². The van der Waals surface area contributed by atoms with Gasteiger partial charge in [-0.05, 0) is 24.6 Å². The summed E-state index contributed by atoms with van der Waals surface area (Å²) in [5.41, 5.74) is 5.41. The van der Waals surface area contributed by atoms with Crippen LogP contribution in [-0.4, -0.2) is 33.2 Å². The normalized spacial score (nSPS) is 11.0. The Morgan fingerprint density at radius 2 is 2.05 bits per heavy atom. The number of esters is 1. The number of amides is 1. The highest BCUT2D eigenvalue weighted by molar-refractivity contribution is 7.92. The largest absolute Gasteiger partial charge is 0.469 e. The number of methoxy groups -OCH3 is 1. The van der Waals surface area contributed by atoms with Crippen LogP contribution in [0.2, 0.25) is 5.02 Å². The standard InChI is InChI=1S/C12H15ClN2O5S/c1-20-11(16)3-2-6-21(18,19)15-8-4-5-9(12(14)17)10(13)7-8/h4-5,7,15H,2-3,6H2,1H3,(H2,14,17). The van der Waals surface area contributed by atoms with Crippen molar-refractivity contribution in [3.05, 3.63) is 28.8 Å². The number of rotatable bonds is 7. The lowest BCUT2D eigenvalue weighted by Crippen LogP contribution is -2.18. The van der Waals surface area contributed by atoms with Crippen molar-refractivity contribution in [2.24, 2.45) is 5.73 Å². The molecule has 0 bridgehead atoms. The van der Waals surface area contributed by atoms with E-state index in [1.165, 1.54) is 25.3 Å². The number of anilines is 1. The SMILES string of the molecule is COC(=O)CCCS(=O)(=O)Nc1ccc(C(N)=O)c(Cl)c1. The zero-order valence-electron chi connectivity index (χ0n) is 11.3. The Labute approximate surface area is 127 Å². The number of carbonyl (C=O) groups excluding carboxylic acids is 2. The molecule has 1 aromatic rings. The maximum Gasteiger partial charge on any atom is 0.305 e. The molecule has 0 spiro atoms. The third-order valence-electron chi connectivity index (χ3n) is 2.53. The minimum absolute atomic E-state index is 0.0127. The quantitative estimate of drug-likeness (QED) is 0.725. The van der Waals surface area contributed by atoms with E-state index in [1.807, 2.05) is 0 Å². The van der Waals surface area contributed by atoms with Gasteiger partial charge in [0.15, 0.2) is 0 Å². The van der Waals surface area contributed by atoms with Gasteiger partial charge in [0, 0.05) is 12.1 Å². The van der Waals surface area contributed by atoms with E-state index in [-0.39, 0.29) is 34.9 Å². The summed E-state index contributed by atoms with van der Waals surface area (Å²) in [6.07, 6.45) is 0.147. The molecular weight excluding hydrogens is 320 g/mol. The number of hydrogen-bond acceptors (Lipinski definition) is 5. The summed E-state index contributed by atoms with van der Waals surface area (Å²) in [4.78, 5) is 21.9. The number of nitrogens with two attached hydrogens (primary N) is 1. The monoisotopic (exact) mass is 334 g/mol. The van der Waals surface area contributed by atoms with Gasteiger partial charge >= 0.3 is 5.97 Å². The van der Waals surface area contributed by atoms with E-state index in [0.717, 1.165) is 0 Å². The fraction of sp³-hybridized carbons (Fsp3) is 0.333. The molecule has 21 heavy (non-hydrogen) atoms. The van der Waals surface area contributed by atoms with Crippen LogP contribution in [0.1, 0.15) is 23.2 Å². The number of hydrogen-bond donors (Lipinski definition) is 2. The van der Waals surface area contributed by atoms with Crippen LogP contribution in [0.3, 0.4) is 0 Å². The summed E-state index contributed by atoms with van der Waals surface area (Å²) in [7, 11) is -2.39. The van der Waals surface area contributed by atoms with Gasteiger partial charge in [0.25, 0.3) is 0 Å². The summed E-state index contributed by atoms with van der Waals surface area (Å²) < 4.78 is 30.3. The van der Waals surface area contributed by atoms with Crippen LogP contribution < -0.4 is 10.5 Å². The Kier molecular flexibility index (Phi) is 5.98. The van der Waals surface area contributed by atoms with Crippen molar-refractivity contribution in [3.63, 3.8) is 0 Å². The molecule has 0 radical (unpaired) electrons. The van der Waals surface area contributed by atoms with E-state index < -0.39 is 21.9 Å². The van der Waals surface area contributed by atoms with E-state index >= 15 is 0 Å². The number of primary amides is 1. The molecule has 1 rings (SSSR count). The van der Waals surface area contributed by atoms with Crippen LogP contribution in [0.5, 0.6) is 0 Å². The van der Waals surface area contributed by atoms with Crippen molar-refractivity contribution in [3.8, 4) is 0 Å². The van der Waals surface area contributed by atoms with Crippen LogP contribution in [-0.2, 0) is 19.6 Å². The highest BCUT2D eigenvalue weighted by Crippen LogP contribution is 2.21. The van der Waals surface area contributed by atoms with Crippen molar-refractivity contribution < 1.29 is 22.7 Å². The first-order valence-corrected chi connectivity index (χ1v) is 7.95. The molecule has 3 N–H and O–H groups in total. The first-order chi connectivity index (χ1) is 9.75. The Bertz CT molecular complexity index is 645. The van der Waals surface area contributed by atoms with Gasteiger partial charge < -0.3 is 10.5 Å². The lowest BCUT2D eigenvalue weighted by Gasteiger charge is -2.09. The molecule has 0 aromatic heterocycles. The number of benzene rings is 1. The van der Waals surface area contributed by atoms with Crippen molar-refractivity contribution in [2.45, 2.75) is 12.8 Å². The number of ether oxygens (including phenoxy) is 1. The van der Waals surface area contributed by atoms with Gasteiger partial charge in [-0.25, -0.2) is 8.42 Å². The van der Waals surface area contributed by atoms with E-state index in [1.54, 1.807) is 0 Å². The zero-order chi connectivity index (χ0) is 16.0. The average Bonchev–Trinajstić information content (AvgIpc) is 2.37. The highest BCUT2D eigenvalue weighted by atomic mass is 35.5. The molecule has 0 heterocycles. The van der Waals surface area contributed by atoms with Gasteiger partial charge in [0.05, 0.1) is 23.4 Å². The van der Waals surface area contributed by atoms with Gasteiger partial charge in [-0.15, -0.1) is 0 Å². The van der Waals surface area contributed by atoms with Gasteiger partial charge in [-0.2, -0.15) is 0 Å². The van der Waals surface area contributed by atoms with Crippen molar-refractivity contribution in [2.75, 3.05) is 17.6 Å². The molecule has 0 fully saturated rings. The fourth-order valence-electron chi connectivity index (χ4n) is 1.52. The molecule has 9 heteroatoms. The predicted octanol–water partition coefficient (Wildman–Crippen LogP) is 1.13. The number of halogens is 1. The molecule has 0 atom stereocenters. The predicted molar refractivity (Wildman–Crippen MR) is 78.6 cm³/mol. The molecular formula is C12H15ClN2O5S. The Morgan fingerprint density at radius 1 is 1.38 bits per heavy atom. The van der Waals surface area contributed by atoms with Gasteiger partial charge in [-0.3, -0.25) is 14.3 Å². The average molecular weight is 335 g/mol. The third kappa shape index (κ3) is 5.60. The first kappa shape index (κ1) is 17.3. The third-order valence-corrected chi connectivity index (χ3v) is 4.22. The molecule has 0 unspecified atom stereocenters.